The number of carboxylic acid groups (broad SMARTS) is 1. The lowest BCUT2D eigenvalue weighted by Gasteiger charge is -2.35. The summed E-state index contributed by atoms with van der Waals surface area (Å²) in [5, 5.41) is 11.6. The quantitative estimate of drug-likeness (QED) is 0.699. The number of piperazine rings is 1. The van der Waals surface area contributed by atoms with Gasteiger partial charge in [-0.25, -0.2) is 4.79 Å². The Morgan fingerprint density at radius 3 is 2.45 bits per heavy atom. The van der Waals surface area contributed by atoms with Gasteiger partial charge in [-0.1, -0.05) is 6.92 Å². The number of urea groups is 1. The number of nitrogens with one attached hydrogen (secondary N) is 1. The molecule has 1 rings (SSSR count). The van der Waals surface area contributed by atoms with Crippen molar-refractivity contribution in [2.45, 2.75) is 25.8 Å². The van der Waals surface area contributed by atoms with Gasteiger partial charge < -0.3 is 20.1 Å². The highest BCUT2D eigenvalue weighted by molar-refractivity contribution is 5.74. The Labute approximate surface area is 119 Å². The Hall–Kier alpha value is -1.34. The van der Waals surface area contributed by atoms with Crippen molar-refractivity contribution in [3.63, 3.8) is 0 Å². The van der Waals surface area contributed by atoms with E-state index in [-0.39, 0.29) is 18.5 Å². The van der Waals surface area contributed by atoms with Crippen LogP contribution in [0, 0.1) is 0 Å². The molecular formula is C13H25N3O4. The van der Waals surface area contributed by atoms with Crippen LogP contribution < -0.4 is 5.32 Å². The van der Waals surface area contributed by atoms with Crippen LogP contribution >= 0.6 is 0 Å². The number of carbonyl (C=O) groups excluding carboxylic acids is 1. The Kier molecular flexibility index (Phi) is 7.32. The number of hydrogen-bond donors (Lipinski definition) is 2. The van der Waals surface area contributed by atoms with Crippen LogP contribution in [-0.4, -0.2) is 79.4 Å². The lowest BCUT2D eigenvalue weighted by Crippen LogP contribution is -2.54. The molecule has 1 atom stereocenters. The predicted molar refractivity (Wildman–Crippen MR) is 74.8 cm³/mol. The first kappa shape index (κ1) is 16.7. The topological polar surface area (TPSA) is 82.1 Å². The molecule has 7 heteroatoms. The molecule has 2 amide bonds. The van der Waals surface area contributed by atoms with Gasteiger partial charge in [0.15, 0.2) is 0 Å². The molecule has 116 valence electrons. The molecule has 0 aromatic rings. The van der Waals surface area contributed by atoms with Crippen molar-refractivity contribution in [3.8, 4) is 0 Å². The third-order valence-electron chi connectivity index (χ3n) is 3.49. The van der Waals surface area contributed by atoms with Gasteiger partial charge in [-0.15, -0.1) is 0 Å². The van der Waals surface area contributed by atoms with Gasteiger partial charge in [0.25, 0.3) is 0 Å². The smallest absolute Gasteiger partial charge is 0.317 e. The fourth-order valence-corrected chi connectivity index (χ4v) is 2.16. The maximum Gasteiger partial charge on any atom is 0.317 e. The molecule has 0 radical (unpaired) electrons. The third kappa shape index (κ3) is 5.75. The Morgan fingerprint density at radius 2 is 1.95 bits per heavy atom. The van der Waals surface area contributed by atoms with Gasteiger partial charge in [0.2, 0.25) is 0 Å². The number of methoxy groups -OCH3 is 1. The van der Waals surface area contributed by atoms with E-state index >= 15 is 0 Å². The summed E-state index contributed by atoms with van der Waals surface area (Å²) in [7, 11) is 1.62. The minimum absolute atomic E-state index is 0.0394. The largest absolute Gasteiger partial charge is 0.481 e. The summed E-state index contributed by atoms with van der Waals surface area (Å²) in [6.07, 6.45) is 0.982. The van der Waals surface area contributed by atoms with E-state index in [1.165, 1.54) is 0 Å². The summed E-state index contributed by atoms with van der Waals surface area (Å²) in [5.41, 5.74) is 0. The van der Waals surface area contributed by atoms with E-state index in [2.05, 4.69) is 10.2 Å². The van der Waals surface area contributed by atoms with Crippen molar-refractivity contribution in [1.82, 2.24) is 15.1 Å². The van der Waals surface area contributed by atoms with E-state index in [0.29, 0.717) is 26.2 Å². The monoisotopic (exact) mass is 287 g/mol. The van der Waals surface area contributed by atoms with Crippen LogP contribution in [0.4, 0.5) is 4.79 Å². The summed E-state index contributed by atoms with van der Waals surface area (Å²) in [6.45, 7) is 5.79. The molecule has 20 heavy (non-hydrogen) atoms. The zero-order valence-electron chi connectivity index (χ0n) is 12.3. The number of carboxylic acids is 1. The highest BCUT2D eigenvalue weighted by Crippen LogP contribution is 2.04. The fraction of sp³-hybridized carbons (Fsp3) is 0.846. The number of aliphatic carboxylic acids is 1. The first-order valence-corrected chi connectivity index (χ1v) is 7.05. The van der Waals surface area contributed by atoms with Gasteiger partial charge in [-0.05, 0) is 6.42 Å². The van der Waals surface area contributed by atoms with Crippen molar-refractivity contribution in [3.05, 3.63) is 0 Å². The Morgan fingerprint density at radius 1 is 1.30 bits per heavy atom. The number of amides is 2. The summed E-state index contributed by atoms with van der Waals surface area (Å²) in [4.78, 5) is 26.4. The van der Waals surface area contributed by atoms with Gasteiger partial charge in [0.05, 0.1) is 19.1 Å². The molecule has 2 N–H and O–H groups in total. The van der Waals surface area contributed by atoms with Crippen LogP contribution in [-0.2, 0) is 9.53 Å². The molecule has 1 saturated heterocycles. The van der Waals surface area contributed by atoms with E-state index in [1.54, 1.807) is 12.0 Å². The molecule has 0 aliphatic carbocycles. The maximum absolute atomic E-state index is 12.1. The highest BCUT2D eigenvalue weighted by Gasteiger charge is 2.22. The van der Waals surface area contributed by atoms with E-state index < -0.39 is 5.97 Å². The van der Waals surface area contributed by atoms with Gasteiger partial charge >= 0.3 is 12.0 Å². The zero-order chi connectivity index (χ0) is 15.0. The molecule has 0 bridgehead atoms. The molecule has 7 nitrogen and oxygen atoms in total. The molecule has 1 heterocycles. The number of nitrogens with zero attached hydrogens (tertiary/aromatic N) is 2. The SMILES string of the molecule is CCC(COC)NC(=O)N1CCN(CCC(=O)O)CC1. The molecule has 0 spiro atoms. The average Bonchev–Trinajstić information content (AvgIpc) is 2.45. The molecule has 1 aliphatic rings. The van der Waals surface area contributed by atoms with Crippen LogP contribution in [0.5, 0.6) is 0 Å². The van der Waals surface area contributed by atoms with Gasteiger partial charge in [-0.2, -0.15) is 0 Å². The summed E-state index contributed by atoms with van der Waals surface area (Å²) < 4.78 is 5.06. The van der Waals surface area contributed by atoms with Crippen LogP contribution in [0.15, 0.2) is 0 Å². The van der Waals surface area contributed by atoms with Crippen LogP contribution in [0.25, 0.3) is 0 Å². The molecule has 1 unspecified atom stereocenters. The van der Waals surface area contributed by atoms with Crippen molar-refractivity contribution in [2.24, 2.45) is 0 Å². The molecule has 0 aromatic heterocycles. The first-order chi connectivity index (χ1) is 9.56. The molecular weight excluding hydrogens is 262 g/mol. The average molecular weight is 287 g/mol. The summed E-state index contributed by atoms with van der Waals surface area (Å²) in [5.74, 6) is -0.782. The lowest BCUT2D eigenvalue weighted by molar-refractivity contribution is -0.137. The van der Waals surface area contributed by atoms with Crippen molar-refractivity contribution in [1.29, 1.82) is 0 Å². The second-order valence-electron chi connectivity index (χ2n) is 4.98. The van der Waals surface area contributed by atoms with Crippen LogP contribution in [0.1, 0.15) is 19.8 Å². The van der Waals surface area contributed by atoms with E-state index in [4.69, 9.17) is 9.84 Å². The Balaban J connectivity index is 2.29. The highest BCUT2D eigenvalue weighted by atomic mass is 16.5. The third-order valence-corrected chi connectivity index (χ3v) is 3.49. The number of hydrogen-bond acceptors (Lipinski definition) is 4. The number of rotatable bonds is 7. The summed E-state index contributed by atoms with van der Waals surface area (Å²) >= 11 is 0. The van der Waals surface area contributed by atoms with Crippen LogP contribution in [0.2, 0.25) is 0 Å². The first-order valence-electron chi connectivity index (χ1n) is 7.05. The molecule has 1 fully saturated rings. The van der Waals surface area contributed by atoms with Crippen LogP contribution in [0.3, 0.4) is 0 Å². The second kappa shape index (κ2) is 8.76. The van der Waals surface area contributed by atoms with E-state index in [0.717, 1.165) is 19.5 Å². The maximum atomic E-state index is 12.1. The Bertz CT molecular complexity index is 317. The van der Waals surface area contributed by atoms with Crippen molar-refractivity contribution >= 4 is 12.0 Å². The van der Waals surface area contributed by atoms with Gasteiger partial charge in [-0.3, -0.25) is 9.69 Å². The number of carbonyl (C=O) groups is 2. The number of ether oxygens (including phenoxy) is 1. The minimum Gasteiger partial charge on any atom is -0.481 e. The van der Waals surface area contributed by atoms with Crippen molar-refractivity contribution in [2.75, 3.05) is 46.4 Å². The van der Waals surface area contributed by atoms with E-state index in [1.807, 2.05) is 6.92 Å². The molecule has 0 saturated carbocycles. The summed E-state index contributed by atoms with van der Waals surface area (Å²) in [6, 6.07) is -0.0238. The molecule has 0 aromatic carbocycles. The standard InChI is InChI=1S/C13H25N3O4/c1-3-11(10-20-2)14-13(19)16-8-6-15(7-9-16)5-4-12(17)18/h11H,3-10H2,1-2H3,(H,14,19)(H,17,18). The van der Waals surface area contributed by atoms with Gasteiger partial charge in [0, 0.05) is 39.8 Å². The zero-order valence-corrected chi connectivity index (χ0v) is 12.3. The predicted octanol–water partition coefficient (Wildman–Crippen LogP) is 0.213. The van der Waals surface area contributed by atoms with E-state index in [9.17, 15) is 9.59 Å². The van der Waals surface area contributed by atoms with Crippen molar-refractivity contribution < 1.29 is 19.4 Å². The minimum atomic E-state index is -0.782. The van der Waals surface area contributed by atoms with Gasteiger partial charge in [0.1, 0.15) is 0 Å². The normalized spacial score (nSPS) is 17.8. The second-order valence-corrected chi connectivity index (χ2v) is 4.98. The lowest BCUT2D eigenvalue weighted by atomic mass is 10.2. The molecule has 1 aliphatic heterocycles. The fourth-order valence-electron chi connectivity index (χ4n) is 2.16.